The largest absolute Gasteiger partial charge is 0.548 e. The summed E-state index contributed by atoms with van der Waals surface area (Å²) < 4.78 is 15.9. The fourth-order valence-corrected chi connectivity index (χ4v) is 2.56. The molecule has 12 heavy (non-hydrogen) atoms. The summed E-state index contributed by atoms with van der Waals surface area (Å²) >= 11 is 0. The van der Waals surface area contributed by atoms with Crippen LogP contribution in [0.3, 0.4) is 0 Å². The van der Waals surface area contributed by atoms with Gasteiger partial charge in [-0.25, -0.2) is 0 Å². The SMILES string of the molecule is CCO[Si](C=N)(OCC)OCC. The van der Waals surface area contributed by atoms with Crippen molar-refractivity contribution in [1.82, 2.24) is 0 Å². The molecule has 0 aromatic heterocycles. The zero-order valence-electron chi connectivity index (χ0n) is 7.92. The van der Waals surface area contributed by atoms with Gasteiger partial charge in [-0.05, 0) is 20.8 Å². The quantitative estimate of drug-likeness (QED) is 0.486. The predicted molar refractivity (Wildman–Crippen MR) is 49.4 cm³/mol. The second-order valence-corrected chi connectivity index (χ2v) is 4.41. The summed E-state index contributed by atoms with van der Waals surface area (Å²) in [4.78, 5) is 0. The molecule has 4 nitrogen and oxygen atoms in total. The highest BCUT2D eigenvalue weighted by Gasteiger charge is 2.38. The van der Waals surface area contributed by atoms with E-state index in [1.54, 1.807) is 0 Å². The maximum absolute atomic E-state index is 7.18. The normalized spacial score (nSPS) is 11.6. The highest BCUT2D eigenvalue weighted by molar-refractivity contribution is 6.87. The Balaban J connectivity index is 4.16. The van der Waals surface area contributed by atoms with E-state index in [9.17, 15) is 0 Å². The van der Waals surface area contributed by atoms with Gasteiger partial charge in [0.1, 0.15) is 0 Å². The Bertz CT molecular complexity index is 115. The van der Waals surface area contributed by atoms with E-state index in [1.165, 1.54) is 5.84 Å². The van der Waals surface area contributed by atoms with Gasteiger partial charge in [0.25, 0.3) is 0 Å². The third-order valence-corrected chi connectivity index (χ3v) is 3.64. The van der Waals surface area contributed by atoms with Crippen LogP contribution in [0.2, 0.25) is 0 Å². The van der Waals surface area contributed by atoms with E-state index in [-0.39, 0.29) is 0 Å². The zero-order valence-corrected chi connectivity index (χ0v) is 8.92. The molecule has 0 saturated heterocycles. The Hall–Kier alpha value is -0.233. The van der Waals surface area contributed by atoms with Crippen LogP contribution in [0, 0.1) is 5.41 Å². The number of hydrogen-bond donors (Lipinski definition) is 1. The molecule has 0 aliphatic rings. The van der Waals surface area contributed by atoms with Crippen molar-refractivity contribution in [2.24, 2.45) is 0 Å². The highest BCUT2D eigenvalue weighted by atomic mass is 28.4. The number of hydrogen-bond acceptors (Lipinski definition) is 4. The molecule has 0 heterocycles. The molecule has 0 aliphatic heterocycles. The Morgan fingerprint density at radius 1 is 1.00 bits per heavy atom. The van der Waals surface area contributed by atoms with Crippen molar-refractivity contribution in [2.45, 2.75) is 20.8 Å². The summed E-state index contributed by atoms with van der Waals surface area (Å²) in [5.74, 6) is 1.17. The monoisotopic (exact) mass is 191 g/mol. The van der Waals surface area contributed by atoms with Crippen LogP contribution in [0.25, 0.3) is 0 Å². The summed E-state index contributed by atoms with van der Waals surface area (Å²) in [6.07, 6.45) is 0. The van der Waals surface area contributed by atoms with Gasteiger partial charge in [-0.2, -0.15) is 0 Å². The minimum Gasteiger partial charge on any atom is -0.370 e. The van der Waals surface area contributed by atoms with Gasteiger partial charge in [-0.15, -0.1) is 0 Å². The van der Waals surface area contributed by atoms with Gasteiger partial charge in [0, 0.05) is 19.8 Å². The Labute approximate surface area is 74.7 Å². The summed E-state index contributed by atoms with van der Waals surface area (Å²) in [5, 5.41) is 7.18. The van der Waals surface area contributed by atoms with Gasteiger partial charge in [-0.3, -0.25) is 0 Å². The number of nitrogens with one attached hydrogen (secondary N) is 1. The Kier molecular flexibility index (Phi) is 6.18. The van der Waals surface area contributed by atoms with Crippen LogP contribution in [-0.2, 0) is 13.3 Å². The second-order valence-electron chi connectivity index (χ2n) is 2.05. The van der Waals surface area contributed by atoms with Crippen molar-refractivity contribution in [1.29, 1.82) is 5.41 Å². The lowest BCUT2D eigenvalue weighted by molar-refractivity contribution is 0.0911. The number of rotatable bonds is 7. The van der Waals surface area contributed by atoms with Crippen molar-refractivity contribution >= 4 is 14.6 Å². The first-order chi connectivity index (χ1) is 5.74. The van der Waals surface area contributed by atoms with E-state index in [1.807, 2.05) is 20.8 Å². The Morgan fingerprint density at radius 3 is 1.50 bits per heavy atom. The van der Waals surface area contributed by atoms with Gasteiger partial charge in [0.2, 0.25) is 0 Å². The molecule has 72 valence electrons. The fraction of sp³-hybridized carbons (Fsp3) is 0.857. The van der Waals surface area contributed by atoms with Gasteiger partial charge in [0.05, 0.1) is 5.84 Å². The van der Waals surface area contributed by atoms with E-state index in [2.05, 4.69) is 0 Å². The van der Waals surface area contributed by atoms with Crippen LogP contribution >= 0.6 is 0 Å². The molecule has 0 bridgehead atoms. The first kappa shape index (κ1) is 11.8. The molecule has 0 rings (SSSR count). The molecule has 1 N–H and O–H groups in total. The lowest BCUT2D eigenvalue weighted by Gasteiger charge is -2.23. The zero-order chi connectivity index (χ0) is 9.45. The average Bonchev–Trinajstić information content (AvgIpc) is 2.06. The van der Waals surface area contributed by atoms with Crippen molar-refractivity contribution in [3.05, 3.63) is 0 Å². The fourth-order valence-electron chi connectivity index (χ4n) is 0.854. The first-order valence-electron chi connectivity index (χ1n) is 4.18. The summed E-state index contributed by atoms with van der Waals surface area (Å²) in [7, 11) is -2.73. The molecule has 0 aromatic carbocycles. The lowest BCUT2D eigenvalue weighted by Crippen LogP contribution is -2.48. The van der Waals surface area contributed by atoms with Crippen molar-refractivity contribution in [2.75, 3.05) is 19.8 Å². The van der Waals surface area contributed by atoms with E-state index in [0.717, 1.165) is 0 Å². The van der Waals surface area contributed by atoms with E-state index < -0.39 is 8.80 Å². The van der Waals surface area contributed by atoms with Crippen LogP contribution in [0.4, 0.5) is 0 Å². The van der Waals surface area contributed by atoms with Gasteiger partial charge >= 0.3 is 8.80 Å². The van der Waals surface area contributed by atoms with E-state index in [0.29, 0.717) is 19.8 Å². The average molecular weight is 191 g/mol. The van der Waals surface area contributed by atoms with E-state index in [4.69, 9.17) is 18.7 Å². The van der Waals surface area contributed by atoms with E-state index >= 15 is 0 Å². The molecule has 0 fully saturated rings. The Morgan fingerprint density at radius 2 is 1.33 bits per heavy atom. The molecule has 5 heteroatoms. The van der Waals surface area contributed by atoms with Gasteiger partial charge in [-0.1, -0.05) is 0 Å². The molecule has 0 aliphatic carbocycles. The second kappa shape index (κ2) is 6.30. The molecule has 0 amide bonds. The minimum atomic E-state index is -2.73. The molecule has 0 aromatic rings. The van der Waals surface area contributed by atoms with Crippen molar-refractivity contribution in [3.8, 4) is 0 Å². The standard InChI is InChI=1S/C7H17NO3Si/c1-4-9-12(7-8,10-5-2)11-6-3/h7-8H,4-6H2,1-3H3. The van der Waals surface area contributed by atoms with Gasteiger partial charge in [0.15, 0.2) is 0 Å². The summed E-state index contributed by atoms with van der Waals surface area (Å²) in [6, 6.07) is 0. The minimum absolute atomic E-state index is 0.515. The molecular weight excluding hydrogens is 174 g/mol. The molecule has 0 saturated carbocycles. The topological polar surface area (TPSA) is 51.5 Å². The molecule has 0 unspecified atom stereocenters. The van der Waals surface area contributed by atoms with Crippen molar-refractivity contribution in [3.63, 3.8) is 0 Å². The van der Waals surface area contributed by atoms with Crippen molar-refractivity contribution < 1.29 is 13.3 Å². The summed E-state index contributed by atoms with van der Waals surface area (Å²) in [6.45, 7) is 7.14. The highest BCUT2D eigenvalue weighted by Crippen LogP contribution is 2.06. The van der Waals surface area contributed by atoms with Crippen LogP contribution in [0.1, 0.15) is 20.8 Å². The van der Waals surface area contributed by atoms with Crippen LogP contribution in [0.15, 0.2) is 0 Å². The maximum Gasteiger partial charge on any atom is 0.548 e. The summed E-state index contributed by atoms with van der Waals surface area (Å²) in [5.41, 5.74) is 0. The molecule has 0 radical (unpaired) electrons. The predicted octanol–water partition coefficient (Wildman–Crippen LogP) is 1.22. The third kappa shape index (κ3) is 3.44. The van der Waals surface area contributed by atoms with Crippen LogP contribution in [-0.4, -0.2) is 34.5 Å². The first-order valence-corrected chi connectivity index (χ1v) is 5.98. The maximum atomic E-state index is 7.18. The molecular formula is C7H17NO3Si. The van der Waals surface area contributed by atoms with Gasteiger partial charge < -0.3 is 18.7 Å². The molecule has 0 spiro atoms. The van der Waals surface area contributed by atoms with Crippen LogP contribution < -0.4 is 0 Å². The van der Waals surface area contributed by atoms with Crippen LogP contribution in [0.5, 0.6) is 0 Å². The molecule has 0 atom stereocenters. The smallest absolute Gasteiger partial charge is 0.370 e. The third-order valence-electron chi connectivity index (χ3n) is 1.21. The lowest BCUT2D eigenvalue weighted by atomic mass is 10.9.